The van der Waals surface area contributed by atoms with Gasteiger partial charge in [0.25, 0.3) is 11.8 Å². The molecule has 0 aliphatic carbocycles. The molecule has 13 heavy (non-hydrogen) atoms. The molecule has 6 heteroatoms. The van der Waals surface area contributed by atoms with Gasteiger partial charge < -0.3 is 10.3 Å². The van der Waals surface area contributed by atoms with Crippen LogP contribution >= 0.6 is 27.3 Å². The molecule has 0 aromatic carbocycles. The highest BCUT2D eigenvalue weighted by Gasteiger charge is 2.11. The zero-order valence-corrected chi connectivity index (χ0v) is 9.15. The van der Waals surface area contributed by atoms with Crippen molar-refractivity contribution < 1.29 is 4.52 Å². The molecule has 0 spiro atoms. The minimum Gasteiger partial charge on any atom is -0.365 e. The molecule has 2 aromatic heterocycles. The third-order valence-corrected chi connectivity index (χ3v) is 3.63. The van der Waals surface area contributed by atoms with E-state index >= 15 is 0 Å². The molecule has 2 rings (SSSR count). The van der Waals surface area contributed by atoms with Gasteiger partial charge in [0.15, 0.2) is 0 Å². The second-order valence-corrected chi connectivity index (χ2v) is 4.90. The van der Waals surface area contributed by atoms with Gasteiger partial charge in [-0.3, -0.25) is 0 Å². The maximum absolute atomic E-state index is 5.34. The molecule has 0 radical (unpaired) electrons. The second-order valence-electron chi connectivity index (χ2n) is 2.53. The fourth-order valence-electron chi connectivity index (χ4n) is 0.900. The van der Waals surface area contributed by atoms with Crippen molar-refractivity contribution in [2.45, 2.75) is 6.92 Å². The first-order chi connectivity index (χ1) is 6.16. The van der Waals surface area contributed by atoms with Crippen molar-refractivity contribution >= 4 is 33.2 Å². The van der Waals surface area contributed by atoms with Crippen molar-refractivity contribution in [2.75, 3.05) is 5.73 Å². The highest BCUT2D eigenvalue weighted by Crippen LogP contribution is 2.33. The van der Waals surface area contributed by atoms with Crippen LogP contribution in [-0.4, -0.2) is 10.1 Å². The number of aromatic nitrogens is 2. The summed E-state index contributed by atoms with van der Waals surface area (Å²) in [6.45, 7) is 2.00. The Bertz CT molecular complexity index is 417. The SMILES string of the molecule is Cc1cc(-c2nc(N)no2)sc1Br. The van der Waals surface area contributed by atoms with Gasteiger partial charge >= 0.3 is 0 Å². The minimum atomic E-state index is 0.164. The van der Waals surface area contributed by atoms with Gasteiger partial charge in [-0.15, -0.1) is 11.3 Å². The number of nitrogens with two attached hydrogens (primary N) is 1. The summed E-state index contributed by atoms with van der Waals surface area (Å²) in [5, 5.41) is 3.51. The fraction of sp³-hybridized carbons (Fsp3) is 0.143. The van der Waals surface area contributed by atoms with E-state index in [1.54, 1.807) is 11.3 Å². The Morgan fingerprint density at radius 2 is 2.38 bits per heavy atom. The van der Waals surface area contributed by atoms with Gasteiger partial charge in [-0.2, -0.15) is 4.98 Å². The lowest BCUT2D eigenvalue weighted by molar-refractivity contribution is 0.434. The summed E-state index contributed by atoms with van der Waals surface area (Å²) in [5.41, 5.74) is 6.49. The third-order valence-electron chi connectivity index (χ3n) is 1.51. The number of nitrogens with zero attached hydrogens (tertiary/aromatic N) is 2. The van der Waals surface area contributed by atoms with Crippen molar-refractivity contribution in [3.8, 4) is 10.8 Å². The molecule has 0 saturated carbocycles. The maximum Gasteiger partial charge on any atom is 0.269 e. The first-order valence-corrected chi connectivity index (χ1v) is 5.13. The van der Waals surface area contributed by atoms with Crippen LogP contribution < -0.4 is 5.73 Å². The van der Waals surface area contributed by atoms with Crippen LogP contribution in [0.3, 0.4) is 0 Å². The summed E-state index contributed by atoms with van der Waals surface area (Å²) in [4.78, 5) is 4.85. The summed E-state index contributed by atoms with van der Waals surface area (Å²) in [6, 6.07) is 1.97. The molecular formula is C7H6BrN3OS. The van der Waals surface area contributed by atoms with E-state index in [2.05, 4.69) is 26.1 Å². The second kappa shape index (κ2) is 3.12. The van der Waals surface area contributed by atoms with E-state index in [1.807, 2.05) is 13.0 Å². The van der Waals surface area contributed by atoms with Gasteiger partial charge in [0.2, 0.25) is 0 Å². The van der Waals surface area contributed by atoms with Crippen LogP contribution in [0.15, 0.2) is 14.4 Å². The molecule has 0 aliphatic rings. The van der Waals surface area contributed by atoms with Crippen LogP contribution in [0.1, 0.15) is 5.56 Å². The molecule has 68 valence electrons. The quantitative estimate of drug-likeness (QED) is 0.855. The average molecular weight is 260 g/mol. The van der Waals surface area contributed by atoms with Crippen molar-refractivity contribution in [1.29, 1.82) is 0 Å². The molecule has 2 heterocycles. The van der Waals surface area contributed by atoms with E-state index in [4.69, 9.17) is 10.3 Å². The lowest BCUT2D eigenvalue weighted by Gasteiger charge is -1.81. The fourth-order valence-corrected chi connectivity index (χ4v) is 2.36. The molecule has 0 unspecified atom stereocenters. The van der Waals surface area contributed by atoms with Gasteiger partial charge in [-0.25, -0.2) is 0 Å². The van der Waals surface area contributed by atoms with Gasteiger partial charge in [-0.05, 0) is 39.6 Å². The van der Waals surface area contributed by atoms with Crippen molar-refractivity contribution in [2.24, 2.45) is 0 Å². The predicted octanol–water partition coefficient (Wildman–Crippen LogP) is 2.45. The van der Waals surface area contributed by atoms with Crippen LogP contribution in [0, 0.1) is 6.92 Å². The Balaban J connectivity index is 2.46. The molecule has 0 bridgehead atoms. The normalized spacial score (nSPS) is 10.6. The van der Waals surface area contributed by atoms with Crippen molar-refractivity contribution in [3.63, 3.8) is 0 Å². The summed E-state index contributed by atoms with van der Waals surface area (Å²) in [7, 11) is 0. The Labute approximate surface area is 86.9 Å². The highest BCUT2D eigenvalue weighted by atomic mass is 79.9. The van der Waals surface area contributed by atoms with Gasteiger partial charge in [0.1, 0.15) is 0 Å². The predicted molar refractivity (Wildman–Crippen MR) is 54.5 cm³/mol. The van der Waals surface area contributed by atoms with E-state index in [1.165, 1.54) is 0 Å². The number of rotatable bonds is 1. The number of aryl methyl sites for hydroxylation is 1. The van der Waals surface area contributed by atoms with E-state index in [-0.39, 0.29) is 5.95 Å². The molecule has 4 nitrogen and oxygen atoms in total. The monoisotopic (exact) mass is 259 g/mol. The summed E-state index contributed by atoms with van der Waals surface area (Å²) in [5.74, 6) is 0.633. The number of anilines is 1. The van der Waals surface area contributed by atoms with Crippen LogP contribution in [0.25, 0.3) is 10.8 Å². The lowest BCUT2D eigenvalue weighted by atomic mass is 10.3. The Morgan fingerprint density at radius 1 is 1.62 bits per heavy atom. The lowest BCUT2D eigenvalue weighted by Crippen LogP contribution is -1.84. The van der Waals surface area contributed by atoms with Crippen LogP contribution in [0.4, 0.5) is 5.95 Å². The molecule has 0 aliphatic heterocycles. The minimum absolute atomic E-state index is 0.164. The zero-order valence-electron chi connectivity index (χ0n) is 6.74. The number of hydrogen-bond donors (Lipinski definition) is 1. The molecule has 2 N–H and O–H groups in total. The van der Waals surface area contributed by atoms with Crippen molar-refractivity contribution in [1.82, 2.24) is 10.1 Å². The topological polar surface area (TPSA) is 64.9 Å². The summed E-state index contributed by atoms with van der Waals surface area (Å²) < 4.78 is 5.99. The maximum atomic E-state index is 5.34. The zero-order chi connectivity index (χ0) is 9.42. The molecular weight excluding hydrogens is 254 g/mol. The summed E-state index contributed by atoms with van der Waals surface area (Å²) >= 11 is 4.96. The van der Waals surface area contributed by atoms with E-state index < -0.39 is 0 Å². The van der Waals surface area contributed by atoms with Crippen LogP contribution in [-0.2, 0) is 0 Å². The first-order valence-electron chi connectivity index (χ1n) is 3.52. The van der Waals surface area contributed by atoms with E-state index in [0.29, 0.717) is 5.89 Å². The van der Waals surface area contributed by atoms with E-state index in [0.717, 1.165) is 14.2 Å². The molecule has 0 fully saturated rings. The van der Waals surface area contributed by atoms with Gasteiger partial charge in [-0.1, -0.05) is 0 Å². The van der Waals surface area contributed by atoms with Crippen LogP contribution in [0.5, 0.6) is 0 Å². The van der Waals surface area contributed by atoms with Gasteiger partial charge in [0.05, 0.1) is 8.66 Å². The van der Waals surface area contributed by atoms with Gasteiger partial charge in [0, 0.05) is 0 Å². The number of thiophene rings is 1. The molecule has 0 amide bonds. The Kier molecular flexibility index (Phi) is 2.09. The largest absolute Gasteiger partial charge is 0.365 e. The number of nitrogen functional groups attached to an aromatic ring is 1. The molecule has 0 atom stereocenters. The number of halogens is 1. The highest BCUT2D eigenvalue weighted by molar-refractivity contribution is 9.11. The Morgan fingerprint density at radius 3 is 2.85 bits per heavy atom. The Hall–Kier alpha value is -0.880. The third kappa shape index (κ3) is 1.59. The molecule has 0 saturated heterocycles. The standard InChI is InChI=1S/C7H6BrN3OS/c1-3-2-4(13-5(3)8)6-10-7(9)11-12-6/h2H,1H3,(H2,9,11). The first kappa shape index (κ1) is 8.71. The summed E-state index contributed by atoms with van der Waals surface area (Å²) in [6.07, 6.45) is 0. The van der Waals surface area contributed by atoms with E-state index in [9.17, 15) is 0 Å². The molecule has 2 aromatic rings. The number of hydrogen-bond acceptors (Lipinski definition) is 5. The van der Waals surface area contributed by atoms with Crippen LogP contribution in [0.2, 0.25) is 0 Å². The average Bonchev–Trinajstić information content (AvgIpc) is 2.61. The van der Waals surface area contributed by atoms with Crippen molar-refractivity contribution in [3.05, 3.63) is 15.4 Å². The smallest absolute Gasteiger partial charge is 0.269 e.